The number of amides is 2. The minimum Gasteiger partial charge on any atom is -0.497 e. The van der Waals surface area contributed by atoms with Crippen molar-refractivity contribution in [2.45, 2.75) is 26.4 Å². The molecule has 2 heterocycles. The summed E-state index contributed by atoms with van der Waals surface area (Å²) in [5, 5.41) is 7.74. The smallest absolute Gasteiger partial charge is 0.318 e. The number of hydrogen-bond donors (Lipinski definition) is 1. The summed E-state index contributed by atoms with van der Waals surface area (Å²) in [6.45, 7) is 3.20. The molecule has 4 rings (SSSR count). The SMILES string of the molecule is CCCNC(=O)N(Cc1ccco1)Cc1c(-c2ccccc2)nn(C)c1Oc1ccc(OC)cc1. The number of rotatable bonds is 10. The van der Waals surface area contributed by atoms with Gasteiger partial charge in [-0.15, -0.1) is 0 Å². The van der Waals surface area contributed by atoms with Gasteiger partial charge >= 0.3 is 6.03 Å². The molecule has 2 aromatic heterocycles. The molecule has 2 aromatic carbocycles. The van der Waals surface area contributed by atoms with Gasteiger partial charge in [-0.3, -0.25) is 0 Å². The fourth-order valence-corrected chi connectivity index (χ4v) is 3.73. The third kappa shape index (κ3) is 5.84. The zero-order valence-corrected chi connectivity index (χ0v) is 20.2. The number of carbonyl (C=O) groups is 1. The van der Waals surface area contributed by atoms with Crippen molar-refractivity contribution in [3.63, 3.8) is 0 Å². The van der Waals surface area contributed by atoms with E-state index in [1.807, 2.05) is 80.7 Å². The minimum atomic E-state index is -0.179. The number of urea groups is 1. The predicted molar refractivity (Wildman–Crippen MR) is 133 cm³/mol. The number of aryl methyl sites for hydroxylation is 1. The van der Waals surface area contributed by atoms with Crippen LogP contribution in [0.5, 0.6) is 17.4 Å². The Morgan fingerprint density at radius 2 is 1.77 bits per heavy atom. The fraction of sp³-hybridized carbons (Fsp3) is 0.259. The average Bonchev–Trinajstić information content (AvgIpc) is 3.51. The van der Waals surface area contributed by atoms with Crippen molar-refractivity contribution in [1.29, 1.82) is 0 Å². The van der Waals surface area contributed by atoms with Gasteiger partial charge in [0.25, 0.3) is 0 Å². The van der Waals surface area contributed by atoms with E-state index in [0.717, 1.165) is 29.0 Å². The van der Waals surface area contributed by atoms with Crippen LogP contribution in [0.3, 0.4) is 0 Å². The van der Waals surface area contributed by atoms with Crippen LogP contribution >= 0.6 is 0 Å². The Morgan fingerprint density at radius 1 is 1.03 bits per heavy atom. The molecule has 2 amide bonds. The third-order valence-electron chi connectivity index (χ3n) is 5.50. The van der Waals surface area contributed by atoms with E-state index in [0.29, 0.717) is 30.5 Å². The number of carbonyl (C=O) groups excluding carboxylic acids is 1. The van der Waals surface area contributed by atoms with Gasteiger partial charge in [0.05, 0.1) is 32.0 Å². The van der Waals surface area contributed by atoms with Crippen molar-refractivity contribution in [3.8, 4) is 28.6 Å². The molecule has 0 unspecified atom stereocenters. The van der Waals surface area contributed by atoms with Crippen molar-refractivity contribution in [1.82, 2.24) is 20.0 Å². The number of hydrogen-bond acceptors (Lipinski definition) is 5. The van der Waals surface area contributed by atoms with Crippen molar-refractivity contribution in [3.05, 3.63) is 84.3 Å². The third-order valence-corrected chi connectivity index (χ3v) is 5.50. The number of nitrogens with one attached hydrogen (secondary N) is 1. The van der Waals surface area contributed by atoms with E-state index >= 15 is 0 Å². The molecule has 0 aliphatic heterocycles. The van der Waals surface area contributed by atoms with Gasteiger partial charge < -0.3 is 24.1 Å². The topological polar surface area (TPSA) is 81.8 Å². The highest BCUT2D eigenvalue weighted by Gasteiger charge is 2.25. The van der Waals surface area contributed by atoms with Crippen LogP contribution in [-0.2, 0) is 20.1 Å². The summed E-state index contributed by atoms with van der Waals surface area (Å²) < 4.78 is 18.8. The molecule has 4 aromatic rings. The van der Waals surface area contributed by atoms with Gasteiger partial charge in [-0.25, -0.2) is 9.48 Å². The lowest BCUT2D eigenvalue weighted by Crippen LogP contribution is -2.39. The largest absolute Gasteiger partial charge is 0.497 e. The van der Waals surface area contributed by atoms with E-state index in [1.54, 1.807) is 23.0 Å². The van der Waals surface area contributed by atoms with Crippen LogP contribution < -0.4 is 14.8 Å². The van der Waals surface area contributed by atoms with E-state index in [2.05, 4.69) is 5.32 Å². The molecule has 0 spiro atoms. The molecule has 0 bridgehead atoms. The molecule has 182 valence electrons. The minimum absolute atomic E-state index is 0.179. The van der Waals surface area contributed by atoms with Crippen LogP contribution in [0.2, 0.25) is 0 Å². The van der Waals surface area contributed by atoms with E-state index in [-0.39, 0.29) is 12.6 Å². The highest BCUT2D eigenvalue weighted by molar-refractivity contribution is 5.75. The summed E-state index contributed by atoms with van der Waals surface area (Å²) in [7, 11) is 3.46. The maximum atomic E-state index is 13.1. The van der Waals surface area contributed by atoms with Crippen LogP contribution in [-0.4, -0.2) is 34.4 Å². The molecule has 0 fully saturated rings. The number of nitrogens with zero attached hydrogens (tertiary/aromatic N) is 3. The molecule has 0 saturated heterocycles. The summed E-state index contributed by atoms with van der Waals surface area (Å²) in [6.07, 6.45) is 2.45. The summed E-state index contributed by atoms with van der Waals surface area (Å²) >= 11 is 0. The molecule has 8 heteroatoms. The van der Waals surface area contributed by atoms with Crippen molar-refractivity contribution >= 4 is 6.03 Å². The lowest BCUT2D eigenvalue weighted by atomic mass is 10.1. The highest BCUT2D eigenvalue weighted by atomic mass is 16.5. The van der Waals surface area contributed by atoms with Crippen LogP contribution in [0.25, 0.3) is 11.3 Å². The summed E-state index contributed by atoms with van der Waals surface area (Å²) in [4.78, 5) is 14.8. The van der Waals surface area contributed by atoms with Gasteiger partial charge in [0.15, 0.2) is 0 Å². The second kappa shape index (κ2) is 11.3. The maximum absolute atomic E-state index is 13.1. The number of aromatic nitrogens is 2. The summed E-state index contributed by atoms with van der Waals surface area (Å²) in [5.41, 5.74) is 2.49. The number of methoxy groups -OCH3 is 1. The van der Waals surface area contributed by atoms with Crippen molar-refractivity contribution < 1.29 is 18.7 Å². The van der Waals surface area contributed by atoms with Gasteiger partial charge in [0, 0.05) is 19.2 Å². The lowest BCUT2D eigenvalue weighted by molar-refractivity contribution is 0.187. The van der Waals surface area contributed by atoms with Crippen molar-refractivity contribution in [2.75, 3.05) is 13.7 Å². The van der Waals surface area contributed by atoms with Gasteiger partial charge in [0.1, 0.15) is 23.0 Å². The molecule has 0 radical (unpaired) electrons. The molecule has 0 atom stereocenters. The van der Waals surface area contributed by atoms with Crippen LogP contribution in [0, 0.1) is 0 Å². The zero-order chi connectivity index (χ0) is 24.6. The predicted octanol–water partition coefficient (Wildman–Crippen LogP) is 5.60. The maximum Gasteiger partial charge on any atom is 0.318 e. The van der Waals surface area contributed by atoms with Gasteiger partial charge in [-0.2, -0.15) is 5.10 Å². The molecule has 0 aliphatic carbocycles. The molecular weight excluding hydrogens is 444 g/mol. The van der Waals surface area contributed by atoms with E-state index in [4.69, 9.17) is 19.0 Å². The molecule has 0 saturated carbocycles. The first-order valence-electron chi connectivity index (χ1n) is 11.6. The van der Waals surface area contributed by atoms with Crippen molar-refractivity contribution in [2.24, 2.45) is 7.05 Å². The average molecular weight is 475 g/mol. The van der Waals surface area contributed by atoms with Gasteiger partial charge in [0.2, 0.25) is 5.88 Å². The lowest BCUT2D eigenvalue weighted by Gasteiger charge is -2.23. The Labute approximate surface area is 205 Å². The van der Waals surface area contributed by atoms with E-state index in [1.165, 1.54) is 0 Å². The van der Waals surface area contributed by atoms with Crippen LogP contribution in [0.15, 0.2) is 77.4 Å². The molecule has 1 N–H and O–H groups in total. The van der Waals surface area contributed by atoms with E-state index < -0.39 is 0 Å². The molecule has 0 aliphatic rings. The summed E-state index contributed by atoms with van der Waals surface area (Å²) in [5.74, 6) is 2.63. The first-order chi connectivity index (χ1) is 17.1. The monoisotopic (exact) mass is 474 g/mol. The Hall–Kier alpha value is -4.20. The Kier molecular flexibility index (Phi) is 7.72. The Balaban J connectivity index is 1.73. The Morgan fingerprint density at radius 3 is 2.43 bits per heavy atom. The van der Waals surface area contributed by atoms with Crippen LogP contribution in [0.4, 0.5) is 4.79 Å². The molecular formula is C27H30N4O4. The quantitative estimate of drug-likeness (QED) is 0.323. The van der Waals surface area contributed by atoms with E-state index in [9.17, 15) is 4.79 Å². The standard InChI is InChI=1S/C27H30N4O4/c1-4-16-28-27(32)31(18-23-11-8-17-34-23)19-24-25(20-9-6-5-7-10-20)29-30(2)26(24)35-22-14-12-21(33-3)13-15-22/h5-15,17H,4,16,18-19H2,1-3H3,(H,28,32). The normalized spacial score (nSPS) is 10.7. The first kappa shape index (κ1) is 23.9. The Bertz CT molecular complexity index is 1220. The van der Waals surface area contributed by atoms with Crippen LogP contribution in [0.1, 0.15) is 24.7 Å². The second-order valence-electron chi connectivity index (χ2n) is 8.07. The number of benzene rings is 2. The molecule has 8 nitrogen and oxygen atoms in total. The zero-order valence-electron chi connectivity index (χ0n) is 20.2. The molecule has 35 heavy (non-hydrogen) atoms. The van der Waals surface area contributed by atoms with Gasteiger partial charge in [-0.1, -0.05) is 37.3 Å². The summed E-state index contributed by atoms with van der Waals surface area (Å²) in [6, 6.07) is 20.7. The second-order valence-corrected chi connectivity index (χ2v) is 8.07. The number of ether oxygens (including phenoxy) is 2. The first-order valence-corrected chi connectivity index (χ1v) is 11.6. The fourth-order valence-electron chi connectivity index (χ4n) is 3.73. The number of furan rings is 1. The van der Waals surface area contributed by atoms with Gasteiger partial charge in [-0.05, 0) is 42.8 Å². The highest BCUT2D eigenvalue weighted by Crippen LogP contribution is 2.35.